The topological polar surface area (TPSA) is 89.1 Å². The molecule has 0 aliphatic rings. The predicted molar refractivity (Wildman–Crippen MR) is 101 cm³/mol. The molecule has 0 saturated heterocycles. The van der Waals surface area contributed by atoms with Gasteiger partial charge >= 0.3 is 0 Å². The number of aryl methyl sites for hydroxylation is 1. The van der Waals surface area contributed by atoms with E-state index in [-0.39, 0.29) is 11.6 Å². The largest absolute Gasteiger partial charge is 0.493 e. The Morgan fingerprint density at radius 1 is 1.31 bits per heavy atom. The molecule has 0 saturated carbocycles. The van der Waals surface area contributed by atoms with E-state index in [1.807, 2.05) is 19.1 Å². The van der Waals surface area contributed by atoms with Crippen LogP contribution in [-0.4, -0.2) is 28.2 Å². The Hall–Kier alpha value is -2.87. The highest BCUT2D eigenvalue weighted by Gasteiger charge is 2.16. The molecule has 134 valence electrons. The number of nitrogens with one attached hydrogen (secondary N) is 2. The van der Waals surface area contributed by atoms with Gasteiger partial charge in [0.15, 0.2) is 17.2 Å². The fraction of sp³-hybridized carbons (Fsp3) is 0.167. The average Bonchev–Trinajstić information content (AvgIpc) is 3.00. The number of amides is 1. The predicted octanol–water partition coefficient (Wildman–Crippen LogP) is 3.72. The van der Waals surface area contributed by atoms with Crippen molar-refractivity contribution < 1.29 is 14.3 Å². The lowest BCUT2D eigenvalue weighted by Gasteiger charge is -2.13. The summed E-state index contributed by atoms with van der Waals surface area (Å²) in [4.78, 5) is 16.4. The fourth-order valence-electron chi connectivity index (χ4n) is 2.27. The molecule has 0 spiro atoms. The van der Waals surface area contributed by atoms with E-state index < -0.39 is 0 Å². The number of ether oxygens (including phenoxy) is 2. The number of H-pyrrole nitrogens is 1. The van der Waals surface area contributed by atoms with Crippen molar-refractivity contribution in [3.63, 3.8) is 0 Å². The molecular formula is C18H17BrN4O3. The van der Waals surface area contributed by atoms with E-state index in [4.69, 9.17) is 9.47 Å². The number of hydrogen-bond acceptors (Lipinski definition) is 5. The summed E-state index contributed by atoms with van der Waals surface area (Å²) in [5, 5.41) is 9.56. The van der Waals surface area contributed by atoms with Crippen molar-refractivity contribution in [2.45, 2.75) is 13.5 Å². The molecule has 0 aliphatic carbocycles. The first-order valence-corrected chi connectivity index (χ1v) is 8.59. The SMILES string of the molecule is COc1ccc(NC(=O)c2n[nH]c(C)c2Br)cc1OCc1cccnc1. The van der Waals surface area contributed by atoms with Gasteiger partial charge in [-0.1, -0.05) is 6.07 Å². The third-order valence-electron chi connectivity index (χ3n) is 3.63. The molecule has 26 heavy (non-hydrogen) atoms. The van der Waals surface area contributed by atoms with Gasteiger partial charge in [0, 0.05) is 35.4 Å². The van der Waals surface area contributed by atoms with E-state index in [1.165, 1.54) is 0 Å². The lowest BCUT2D eigenvalue weighted by Crippen LogP contribution is -2.13. The number of carbonyl (C=O) groups is 1. The summed E-state index contributed by atoms with van der Waals surface area (Å²) in [6.07, 6.45) is 3.44. The van der Waals surface area contributed by atoms with E-state index in [0.717, 1.165) is 11.3 Å². The number of aromatic nitrogens is 3. The Balaban J connectivity index is 1.76. The minimum Gasteiger partial charge on any atom is -0.493 e. The number of pyridine rings is 1. The van der Waals surface area contributed by atoms with Crippen LogP contribution in [0, 0.1) is 6.92 Å². The Morgan fingerprint density at radius 2 is 2.15 bits per heavy atom. The number of aromatic amines is 1. The average molecular weight is 417 g/mol. The van der Waals surface area contributed by atoms with Gasteiger partial charge in [0.25, 0.3) is 5.91 Å². The summed E-state index contributed by atoms with van der Waals surface area (Å²) in [6.45, 7) is 2.16. The third-order valence-corrected chi connectivity index (χ3v) is 4.60. The van der Waals surface area contributed by atoms with Gasteiger partial charge in [-0.05, 0) is 41.1 Å². The fourth-order valence-corrected chi connectivity index (χ4v) is 2.63. The summed E-state index contributed by atoms with van der Waals surface area (Å²) in [5.41, 5.74) is 2.57. The van der Waals surface area contributed by atoms with E-state index in [1.54, 1.807) is 37.7 Å². The first-order valence-electron chi connectivity index (χ1n) is 7.80. The summed E-state index contributed by atoms with van der Waals surface area (Å²) >= 11 is 3.35. The number of rotatable bonds is 6. The molecule has 2 aromatic heterocycles. The molecule has 0 aliphatic heterocycles. The smallest absolute Gasteiger partial charge is 0.277 e. The van der Waals surface area contributed by atoms with Gasteiger partial charge in [0.1, 0.15) is 6.61 Å². The van der Waals surface area contributed by atoms with E-state index in [2.05, 4.69) is 36.4 Å². The quantitative estimate of drug-likeness (QED) is 0.638. The number of hydrogen-bond donors (Lipinski definition) is 2. The monoisotopic (exact) mass is 416 g/mol. The molecule has 7 nitrogen and oxygen atoms in total. The highest BCUT2D eigenvalue weighted by Crippen LogP contribution is 2.31. The van der Waals surface area contributed by atoms with Crippen LogP contribution in [0.5, 0.6) is 11.5 Å². The van der Waals surface area contributed by atoms with Crippen LogP contribution in [-0.2, 0) is 6.61 Å². The molecular weight excluding hydrogens is 400 g/mol. The zero-order valence-electron chi connectivity index (χ0n) is 14.2. The van der Waals surface area contributed by atoms with E-state index in [0.29, 0.717) is 28.3 Å². The number of benzene rings is 1. The van der Waals surface area contributed by atoms with Crippen LogP contribution < -0.4 is 14.8 Å². The Kier molecular flexibility index (Phi) is 5.52. The van der Waals surface area contributed by atoms with Gasteiger partial charge in [-0.2, -0.15) is 5.10 Å². The maximum absolute atomic E-state index is 12.4. The first-order chi connectivity index (χ1) is 12.6. The molecule has 3 rings (SSSR count). The maximum atomic E-state index is 12.4. The Labute approximate surface area is 158 Å². The molecule has 2 heterocycles. The number of nitrogens with zero attached hydrogens (tertiary/aromatic N) is 2. The Bertz CT molecular complexity index is 912. The number of carbonyl (C=O) groups excluding carboxylic acids is 1. The van der Waals surface area contributed by atoms with Crippen molar-refractivity contribution >= 4 is 27.5 Å². The van der Waals surface area contributed by atoms with Gasteiger partial charge < -0.3 is 14.8 Å². The number of halogens is 1. The van der Waals surface area contributed by atoms with Gasteiger partial charge in [-0.25, -0.2) is 0 Å². The van der Waals surface area contributed by atoms with Crippen molar-refractivity contribution in [1.82, 2.24) is 15.2 Å². The molecule has 3 aromatic rings. The molecule has 2 N–H and O–H groups in total. The van der Waals surface area contributed by atoms with E-state index >= 15 is 0 Å². The highest BCUT2D eigenvalue weighted by atomic mass is 79.9. The van der Waals surface area contributed by atoms with Crippen LogP contribution in [0.3, 0.4) is 0 Å². The minimum atomic E-state index is -0.329. The molecule has 0 unspecified atom stereocenters. The maximum Gasteiger partial charge on any atom is 0.277 e. The number of methoxy groups -OCH3 is 1. The van der Waals surface area contributed by atoms with E-state index in [9.17, 15) is 4.79 Å². The van der Waals surface area contributed by atoms with Crippen molar-refractivity contribution in [2.24, 2.45) is 0 Å². The second-order valence-corrected chi connectivity index (χ2v) is 6.27. The van der Waals surface area contributed by atoms with Crippen LogP contribution in [0.2, 0.25) is 0 Å². The summed E-state index contributed by atoms with van der Waals surface area (Å²) in [6, 6.07) is 8.94. The second kappa shape index (κ2) is 8.01. The molecule has 1 amide bonds. The summed E-state index contributed by atoms with van der Waals surface area (Å²) in [7, 11) is 1.56. The standard InChI is InChI=1S/C18H17BrN4O3/c1-11-16(19)17(23-22-11)18(24)21-13-5-6-14(25-2)15(8-13)26-10-12-4-3-7-20-9-12/h3-9H,10H2,1-2H3,(H,21,24)(H,22,23). The van der Waals surface area contributed by atoms with Crippen molar-refractivity contribution in [1.29, 1.82) is 0 Å². The van der Waals surface area contributed by atoms with Crippen LogP contribution in [0.25, 0.3) is 0 Å². The van der Waals surface area contributed by atoms with Crippen molar-refractivity contribution in [2.75, 3.05) is 12.4 Å². The molecule has 1 aromatic carbocycles. The van der Waals surface area contributed by atoms with Crippen LogP contribution in [0.4, 0.5) is 5.69 Å². The zero-order valence-corrected chi connectivity index (χ0v) is 15.8. The molecule has 0 radical (unpaired) electrons. The molecule has 0 fully saturated rings. The van der Waals surface area contributed by atoms with Crippen molar-refractivity contribution in [3.05, 3.63) is 64.1 Å². The Morgan fingerprint density at radius 3 is 2.81 bits per heavy atom. The summed E-state index contributed by atoms with van der Waals surface area (Å²) in [5.74, 6) is 0.764. The van der Waals surface area contributed by atoms with Crippen LogP contribution in [0.15, 0.2) is 47.2 Å². The van der Waals surface area contributed by atoms with Gasteiger partial charge in [-0.3, -0.25) is 14.9 Å². The lowest BCUT2D eigenvalue weighted by molar-refractivity contribution is 0.102. The third kappa shape index (κ3) is 4.02. The minimum absolute atomic E-state index is 0.288. The van der Waals surface area contributed by atoms with Gasteiger partial charge in [0.05, 0.1) is 11.6 Å². The van der Waals surface area contributed by atoms with Crippen LogP contribution in [0.1, 0.15) is 21.7 Å². The normalized spacial score (nSPS) is 10.4. The van der Waals surface area contributed by atoms with Crippen molar-refractivity contribution in [3.8, 4) is 11.5 Å². The summed E-state index contributed by atoms with van der Waals surface area (Å²) < 4.78 is 11.8. The van der Waals surface area contributed by atoms with Gasteiger partial charge in [-0.15, -0.1) is 0 Å². The molecule has 8 heteroatoms. The zero-order chi connectivity index (χ0) is 18.5. The van der Waals surface area contributed by atoms with Crippen LogP contribution >= 0.6 is 15.9 Å². The lowest BCUT2D eigenvalue weighted by atomic mass is 10.2. The highest BCUT2D eigenvalue weighted by molar-refractivity contribution is 9.10. The molecule has 0 bridgehead atoms. The molecule has 0 atom stereocenters. The second-order valence-electron chi connectivity index (χ2n) is 5.48. The first kappa shape index (κ1) is 17.9. The number of anilines is 1. The van der Waals surface area contributed by atoms with Gasteiger partial charge in [0.2, 0.25) is 0 Å².